The highest BCUT2D eigenvalue weighted by molar-refractivity contribution is 6.08. The number of aromatic nitrogens is 4. The molecule has 11 heteroatoms. The zero-order valence-electron chi connectivity index (χ0n) is 20.8. The number of aryl methyl sites for hydroxylation is 2. The first kappa shape index (κ1) is 24.6. The van der Waals surface area contributed by atoms with Crippen molar-refractivity contribution in [2.45, 2.75) is 25.4 Å². The summed E-state index contributed by atoms with van der Waals surface area (Å²) in [5.74, 6) is 0.0376. The van der Waals surface area contributed by atoms with Gasteiger partial charge in [0.25, 0.3) is 5.91 Å². The molecule has 4 aromatic rings. The fourth-order valence-corrected chi connectivity index (χ4v) is 4.84. The highest BCUT2D eigenvalue weighted by Crippen LogP contribution is 2.38. The van der Waals surface area contributed by atoms with Gasteiger partial charge in [-0.05, 0) is 43.7 Å². The van der Waals surface area contributed by atoms with Crippen molar-refractivity contribution in [1.29, 1.82) is 0 Å². The second kappa shape index (κ2) is 9.75. The van der Waals surface area contributed by atoms with E-state index in [0.29, 0.717) is 29.9 Å². The molecule has 4 N–H and O–H groups in total. The Morgan fingerprint density at radius 3 is 2.84 bits per heavy atom. The number of anilines is 2. The van der Waals surface area contributed by atoms with Crippen LogP contribution in [0.15, 0.2) is 42.6 Å². The Kier molecular flexibility index (Phi) is 6.48. The topological polar surface area (TPSA) is 131 Å². The number of halogens is 1. The summed E-state index contributed by atoms with van der Waals surface area (Å²) in [6.45, 7) is 2.33. The number of imidazole rings is 1. The number of aliphatic hydroxyl groups excluding tert-OH is 1. The molecule has 2 aromatic heterocycles. The lowest BCUT2D eigenvalue weighted by molar-refractivity contribution is 0.102. The molecule has 0 saturated carbocycles. The number of amides is 1. The normalized spacial score (nSPS) is 17.4. The Hall–Kier alpha value is -4.09. The van der Waals surface area contributed by atoms with E-state index >= 15 is 0 Å². The van der Waals surface area contributed by atoms with E-state index in [1.54, 1.807) is 12.1 Å². The molecule has 192 valence electrons. The number of fused-ring (bicyclic) bond motifs is 1. The molecule has 1 saturated heterocycles. The Labute approximate surface area is 212 Å². The van der Waals surface area contributed by atoms with Crippen LogP contribution in [0.4, 0.5) is 15.8 Å². The molecule has 0 bridgehead atoms. The Bertz CT molecular complexity index is 1490. The van der Waals surface area contributed by atoms with Crippen molar-refractivity contribution in [2.24, 2.45) is 12.8 Å². The molecule has 0 spiro atoms. The summed E-state index contributed by atoms with van der Waals surface area (Å²) in [6, 6.07) is 9.21. The van der Waals surface area contributed by atoms with Gasteiger partial charge >= 0.3 is 0 Å². The molecule has 2 aromatic carbocycles. The van der Waals surface area contributed by atoms with Crippen LogP contribution in [-0.2, 0) is 7.05 Å². The van der Waals surface area contributed by atoms with Crippen molar-refractivity contribution in [2.75, 3.05) is 30.5 Å². The minimum absolute atomic E-state index is 0.0319. The number of methoxy groups -OCH3 is 1. The summed E-state index contributed by atoms with van der Waals surface area (Å²) in [5.41, 5.74) is 9.14. The highest BCUT2D eigenvalue weighted by Gasteiger charge is 2.33. The zero-order chi connectivity index (χ0) is 26.3. The number of hydrogen-bond donors (Lipinski definition) is 3. The SMILES string of the molecule is COc1cccc(F)c1-c1nccc(C(=O)Nc2ccc3c(nc(C)n3C)c2N2C[C@H](N)C[C@H]2CO)n1. The van der Waals surface area contributed by atoms with E-state index in [-0.39, 0.29) is 41.5 Å². The van der Waals surface area contributed by atoms with Crippen LogP contribution in [0.5, 0.6) is 5.75 Å². The van der Waals surface area contributed by atoms with Crippen LogP contribution in [0.25, 0.3) is 22.4 Å². The van der Waals surface area contributed by atoms with Crippen LogP contribution in [0, 0.1) is 12.7 Å². The molecule has 10 nitrogen and oxygen atoms in total. The maximum absolute atomic E-state index is 14.6. The number of aliphatic hydroxyl groups is 1. The van der Waals surface area contributed by atoms with Gasteiger partial charge in [0.1, 0.15) is 28.6 Å². The molecule has 0 radical (unpaired) electrons. The third-order valence-corrected chi connectivity index (χ3v) is 6.75. The third-order valence-electron chi connectivity index (χ3n) is 6.75. The second-order valence-corrected chi connectivity index (χ2v) is 9.07. The molecular formula is C26H28FN7O3. The van der Waals surface area contributed by atoms with Crippen molar-refractivity contribution < 1.29 is 19.0 Å². The molecular weight excluding hydrogens is 477 g/mol. The fraction of sp³-hybridized carbons (Fsp3) is 0.308. The van der Waals surface area contributed by atoms with Gasteiger partial charge in [-0.1, -0.05) is 6.07 Å². The summed E-state index contributed by atoms with van der Waals surface area (Å²) in [4.78, 5) is 28.6. The van der Waals surface area contributed by atoms with Crippen molar-refractivity contribution in [3.63, 3.8) is 0 Å². The number of nitrogens with zero attached hydrogens (tertiary/aromatic N) is 5. The lowest BCUT2D eigenvalue weighted by Crippen LogP contribution is -2.34. The summed E-state index contributed by atoms with van der Waals surface area (Å²) >= 11 is 0. The summed E-state index contributed by atoms with van der Waals surface area (Å²) in [5, 5.41) is 13.0. The van der Waals surface area contributed by atoms with Crippen LogP contribution in [-0.4, -0.2) is 62.9 Å². The molecule has 5 rings (SSSR count). The van der Waals surface area contributed by atoms with Crippen LogP contribution in [0.1, 0.15) is 22.7 Å². The average Bonchev–Trinajstić information content (AvgIpc) is 3.41. The monoisotopic (exact) mass is 505 g/mol. The van der Waals surface area contributed by atoms with Gasteiger partial charge in [0, 0.05) is 25.8 Å². The van der Waals surface area contributed by atoms with Gasteiger partial charge in [-0.15, -0.1) is 0 Å². The number of benzene rings is 2. The minimum Gasteiger partial charge on any atom is -0.496 e. The van der Waals surface area contributed by atoms with E-state index in [1.165, 1.54) is 31.5 Å². The second-order valence-electron chi connectivity index (χ2n) is 9.07. The van der Waals surface area contributed by atoms with Gasteiger partial charge in [-0.2, -0.15) is 0 Å². The minimum atomic E-state index is -0.560. The van der Waals surface area contributed by atoms with E-state index < -0.39 is 11.7 Å². The van der Waals surface area contributed by atoms with Crippen molar-refractivity contribution in [3.05, 3.63) is 59.9 Å². The lowest BCUT2D eigenvalue weighted by atomic mass is 10.1. The van der Waals surface area contributed by atoms with E-state index in [9.17, 15) is 14.3 Å². The number of nitrogens with one attached hydrogen (secondary N) is 1. The predicted molar refractivity (Wildman–Crippen MR) is 138 cm³/mol. The first-order chi connectivity index (χ1) is 17.8. The summed E-state index contributed by atoms with van der Waals surface area (Å²) in [6.07, 6.45) is 2.02. The smallest absolute Gasteiger partial charge is 0.274 e. The molecule has 1 fully saturated rings. The van der Waals surface area contributed by atoms with Crippen molar-refractivity contribution in [3.8, 4) is 17.1 Å². The average molecular weight is 506 g/mol. The molecule has 0 unspecified atom stereocenters. The van der Waals surface area contributed by atoms with E-state index in [1.807, 2.05) is 29.5 Å². The van der Waals surface area contributed by atoms with Crippen LogP contribution >= 0.6 is 0 Å². The zero-order valence-corrected chi connectivity index (χ0v) is 20.8. The Morgan fingerprint density at radius 2 is 2.08 bits per heavy atom. The molecule has 1 aliphatic rings. The predicted octanol–water partition coefficient (Wildman–Crippen LogP) is 2.64. The first-order valence-electron chi connectivity index (χ1n) is 11.9. The van der Waals surface area contributed by atoms with Gasteiger partial charge in [0.2, 0.25) is 0 Å². The summed E-state index contributed by atoms with van der Waals surface area (Å²) < 4.78 is 21.8. The van der Waals surface area contributed by atoms with Gasteiger partial charge < -0.3 is 30.4 Å². The molecule has 1 amide bonds. The third kappa shape index (κ3) is 4.36. The van der Waals surface area contributed by atoms with Gasteiger partial charge in [0.15, 0.2) is 5.82 Å². The molecule has 0 aliphatic carbocycles. The van der Waals surface area contributed by atoms with E-state index in [0.717, 1.165) is 11.3 Å². The van der Waals surface area contributed by atoms with Crippen LogP contribution in [0.3, 0.4) is 0 Å². The van der Waals surface area contributed by atoms with Gasteiger partial charge in [-0.3, -0.25) is 4.79 Å². The largest absolute Gasteiger partial charge is 0.496 e. The fourth-order valence-electron chi connectivity index (χ4n) is 4.84. The Balaban J connectivity index is 1.56. The van der Waals surface area contributed by atoms with Crippen LogP contribution < -0.4 is 20.7 Å². The van der Waals surface area contributed by atoms with Crippen LogP contribution in [0.2, 0.25) is 0 Å². The molecule has 1 aliphatic heterocycles. The maximum Gasteiger partial charge on any atom is 0.274 e. The number of rotatable bonds is 6. The number of carbonyl (C=O) groups is 1. The Morgan fingerprint density at radius 1 is 1.27 bits per heavy atom. The molecule has 2 atom stereocenters. The standard InChI is InChI=1S/C26H28FN7O3/c1-14-30-23-20(33(14)2)8-7-18(24(23)34-12-15(28)11-16(34)13-35)32-26(36)19-9-10-29-25(31-19)22-17(27)5-4-6-21(22)37-3/h4-10,15-16,35H,11-13,28H2,1-3H3,(H,32,36)/t15-,16+/m1/s1. The van der Waals surface area contributed by atoms with Crippen molar-refractivity contribution in [1.82, 2.24) is 19.5 Å². The first-order valence-corrected chi connectivity index (χ1v) is 11.9. The number of nitrogens with two attached hydrogens (primary N) is 1. The lowest BCUT2D eigenvalue weighted by Gasteiger charge is -2.28. The van der Waals surface area contributed by atoms with E-state index in [4.69, 9.17) is 15.5 Å². The molecule has 37 heavy (non-hydrogen) atoms. The number of ether oxygens (including phenoxy) is 1. The van der Waals surface area contributed by atoms with Gasteiger partial charge in [-0.25, -0.2) is 19.3 Å². The van der Waals surface area contributed by atoms with Gasteiger partial charge in [0.05, 0.1) is 42.2 Å². The quantitative estimate of drug-likeness (QED) is 0.365. The highest BCUT2D eigenvalue weighted by atomic mass is 19.1. The maximum atomic E-state index is 14.6. The molecule has 3 heterocycles. The van der Waals surface area contributed by atoms with Crippen molar-refractivity contribution >= 4 is 28.3 Å². The number of carbonyl (C=O) groups excluding carboxylic acids is 1. The number of hydrogen-bond acceptors (Lipinski definition) is 8. The summed E-state index contributed by atoms with van der Waals surface area (Å²) in [7, 11) is 3.35. The van der Waals surface area contributed by atoms with E-state index in [2.05, 4.69) is 15.3 Å².